The molecular formula is C114H128O24P6. The fourth-order valence-electron chi connectivity index (χ4n) is 18.8. The monoisotopic (exact) mass is 2070 g/mol. The SMILES string of the molecule is Cc1cc(C)c(C(=O)P(=O)(OCCOCC(OCCOP(=O)(C(=O)c2c(C)cc(C)cc2C)c2ccccc2)C(OCCOP(=O)(C(=O)c2c(C)cc(C)cc2C)c2ccccc2)C(OCCOP(=O)(C(=O)c2c(C)cc(C)cc2C)c2ccccc2)C(COCCOP(=O)(C(=O)c2c(C)cc(C)cc2C)c2ccccc2)OCCOP(=O)(C(=O)c2c(C)cc(C)cc2C)c2ccccc2)c2ccccc2)c(C)c1. The normalized spacial score (nSPS) is 15.0. The van der Waals surface area contributed by atoms with Gasteiger partial charge in [-0.05, 0) is 264 Å². The summed E-state index contributed by atoms with van der Waals surface area (Å²) in [6.45, 7) is 23.8. The molecule has 0 N–H and O–H groups in total. The van der Waals surface area contributed by atoms with Crippen molar-refractivity contribution in [3.63, 3.8) is 0 Å². The van der Waals surface area contributed by atoms with E-state index in [2.05, 4.69) is 0 Å². The molecule has 0 spiro atoms. The zero-order valence-electron chi connectivity index (χ0n) is 84.9. The number of ether oxygens (including phenoxy) is 6. The molecular weight excluding hydrogens is 1940 g/mol. The van der Waals surface area contributed by atoms with E-state index < -0.39 is 194 Å². The number of rotatable bonds is 53. The van der Waals surface area contributed by atoms with Gasteiger partial charge in [0.1, 0.15) is 24.4 Å². The Morgan fingerprint density at radius 1 is 0.194 bits per heavy atom. The molecule has 144 heavy (non-hydrogen) atoms. The zero-order chi connectivity index (χ0) is 104. The smallest absolute Gasteiger partial charge is 0.300 e. The van der Waals surface area contributed by atoms with Crippen molar-refractivity contribution in [2.45, 2.75) is 149 Å². The van der Waals surface area contributed by atoms with Crippen LogP contribution in [0.25, 0.3) is 0 Å². The molecule has 0 radical (unpaired) electrons. The first-order valence-electron chi connectivity index (χ1n) is 47.8. The van der Waals surface area contributed by atoms with Gasteiger partial charge in [-0.15, -0.1) is 0 Å². The molecule has 0 aliphatic rings. The summed E-state index contributed by atoms with van der Waals surface area (Å²) in [5.74, 6) is 0. The molecule has 0 fully saturated rings. The quantitative estimate of drug-likeness (QED) is 0.0252. The highest BCUT2D eigenvalue weighted by molar-refractivity contribution is 7.85. The predicted molar refractivity (Wildman–Crippen MR) is 568 cm³/mol. The Hall–Kier alpha value is -10.4. The molecule has 10 unspecified atom stereocenters. The Bertz CT molecular complexity index is 6400. The second kappa shape index (κ2) is 50.3. The standard InChI is InChI=1S/C114H128O24P6/c1-75-61-81(7)101(82(8)62-75)109(115)139(121,93-37-25-19-26-38-93)133-55-49-127-73-99(129-51-57-135-141(123,95-41-29-21-30-42-95)111(117)103-85(11)65-77(3)66-86(103)12)107(131-53-59-137-143(125,97-45-33-23-34-46-97)113(119)105-89(15)69-79(5)70-90(105)16)108(132-54-60-138-144(126,98-47-35-24-36-48-98)114(120)106-91(17)71-80(6)72-92(106)18)100(130-52-58-136-142(124,96-43-31-22-32-44-96)112(118)104-87(13)67-78(4)68-88(104)14)74-128-50-56-134-140(122,94-39-27-20-28-40-94)110(116)102-83(9)63-76(2)64-84(102)10/h19-48,61-72,99-100,107-108H,49-60,73-74H2,1-18H3. The van der Waals surface area contributed by atoms with Crippen molar-refractivity contribution in [2.24, 2.45) is 0 Å². The molecule has 0 aromatic heterocycles. The minimum absolute atomic E-state index is 0.0360. The molecule has 10 atom stereocenters. The molecule has 30 heteroatoms. The van der Waals surface area contributed by atoms with E-state index in [4.69, 9.17) is 55.6 Å². The molecule has 12 aromatic rings. The molecule has 0 aliphatic carbocycles. The van der Waals surface area contributed by atoms with Gasteiger partial charge in [-0.1, -0.05) is 215 Å². The van der Waals surface area contributed by atoms with Crippen molar-refractivity contribution in [3.05, 3.63) is 388 Å². The Labute approximate surface area is 845 Å². The van der Waals surface area contributed by atoms with E-state index >= 15 is 56.2 Å². The third-order valence-electron chi connectivity index (χ3n) is 24.9. The maximum atomic E-state index is 16.3. The lowest BCUT2D eigenvalue weighted by molar-refractivity contribution is -0.201. The lowest BCUT2D eigenvalue weighted by atomic mass is 10.0. The van der Waals surface area contributed by atoms with Crippen LogP contribution in [0.3, 0.4) is 0 Å². The van der Waals surface area contributed by atoms with Crippen molar-refractivity contribution in [3.8, 4) is 0 Å². The largest absolute Gasteiger partial charge is 0.376 e. The van der Waals surface area contributed by atoms with Crippen LogP contribution in [-0.4, -0.2) is 150 Å². The van der Waals surface area contributed by atoms with Crippen LogP contribution in [-0.2, 0) is 83.0 Å². The maximum Gasteiger partial charge on any atom is 0.300 e. The van der Waals surface area contributed by atoms with Crippen LogP contribution < -0.4 is 31.8 Å². The van der Waals surface area contributed by atoms with E-state index in [0.717, 1.165) is 33.4 Å². The van der Waals surface area contributed by atoms with Gasteiger partial charge in [0.2, 0.25) is 0 Å². The first-order chi connectivity index (χ1) is 68.6. The molecule has 758 valence electrons. The molecule has 0 amide bonds. The Morgan fingerprint density at radius 3 is 0.486 bits per heavy atom. The summed E-state index contributed by atoms with van der Waals surface area (Å²) in [5, 5.41) is 0.351. The highest BCUT2D eigenvalue weighted by Gasteiger charge is 2.47. The average molecular weight is 2070 g/mol. The summed E-state index contributed by atoms with van der Waals surface area (Å²) < 4.78 is 178. The molecule has 12 rings (SSSR count). The summed E-state index contributed by atoms with van der Waals surface area (Å²) in [7, 11) is -27.9. The van der Waals surface area contributed by atoms with Gasteiger partial charge in [-0.25, -0.2) is 0 Å². The topological polar surface area (TPSA) is 316 Å². The van der Waals surface area contributed by atoms with E-state index in [1.807, 2.05) is 65.8 Å². The second-order valence-electron chi connectivity index (χ2n) is 36.4. The summed E-state index contributed by atoms with van der Waals surface area (Å²) in [6.07, 6.45) is -6.89. The highest BCUT2D eigenvalue weighted by atomic mass is 31.2. The van der Waals surface area contributed by atoms with Crippen LogP contribution in [0.15, 0.2) is 255 Å². The van der Waals surface area contributed by atoms with Crippen LogP contribution in [0.4, 0.5) is 0 Å². The third-order valence-corrected chi connectivity index (χ3v) is 38.6. The Balaban J connectivity index is 1.03. The summed E-state index contributed by atoms with van der Waals surface area (Å²) >= 11 is 0. The van der Waals surface area contributed by atoms with Crippen LogP contribution in [0, 0.1) is 125 Å². The van der Waals surface area contributed by atoms with Crippen molar-refractivity contribution in [2.75, 3.05) is 92.5 Å². The summed E-state index contributed by atoms with van der Waals surface area (Å²) in [6, 6.07) is 69.6. The minimum atomic E-state index is -4.72. The molecule has 0 saturated carbocycles. The fraction of sp³-hybridized carbons (Fsp3) is 0.316. The van der Waals surface area contributed by atoms with E-state index in [1.165, 1.54) is 72.8 Å². The fourth-order valence-corrected chi connectivity index (χ4v) is 31.1. The van der Waals surface area contributed by atoms with E-state index in [9.17, 15) is 0 Å². The van der Waals surface area contributed by atoms with E-state index in [-0.39, 0.29) is 65.2 Å². The van der Waals surface area contributed by atoms with Crippen molar-refractivity contribution in [1.82, 2.24) is 0 Å². The lowest BCUT2D eigenvalue weighted by Crippen LogP contribution is -2.53. The van der Waals surface area contributed by atoms with Crippen molar-refractivity contribution >= 4 is 109 Å². The van der Waals surface area contributed by atoms with Crippen LogP contribution in [0.1, 0.15) is 162 Å². The number of carbonyl (C=O) groups is 6. The van der Waals surface area contributed by atoms with Gasteiger partial charge in [-0.3, -0.25) is 56.2 Å². The first-order valence-corrected chi connectivity index (χ1v) is 57.5. The Morgan fingerprint density at radius 2 is 0.333 bits per heavy atom. The zero-order valence-corrected chi connectivity index (χ0v) is 90.3. The minimum Gasteiger partial charge on any atom is -0.376 e. The van der Waals surface area contributed by atoms with Gasteiger partial charge >= 0.3 is 44.2 Å². The number of hydrogen-bond acceptors (Lipinski definition) is 24. The molecule has 24 nitrogen and oxygen atoms in total. The molecule has 0 bridgehead atoms. The lowest BCUT2D eigenvalue weighted by Gasteiger charge is -2.37. The molecule has 12 aromatic carbocycles. The average Bonchev–Trinajstić information content (AvgIpc) is 0.794. The van der Waals surface area contributed by atoms with E-state index in [0.29, 0.717) is 66.8 Å². The number of aryl methyl sites for hydroxylation is 18. The number of benzene rings is 12. The van der Waals surface area contributed by atoms with Crippen LogP contribution >= 0.6 is 44.2 Å². The van der Waals surface area contributed by atoms with E-state index in [1.54, 1.807) is 241 Å². The van der Waals surface area contributed by atoms with Gasteiger partial charge in [0.15, 0.2) is 0 Å². The van der Waals surface area contributed by atoms with Crippen molar-refractivity contribution in [1.29, 1.82) is 0 Å². The van der Waals surface area contributed by atoms with Gasteiger partial charge in [-0.2, -0.15) is 0 Å². The van der Waals surface area contributed by atoms with Crippen LogP contribution in [0.2, 0.25) is 0 Å². The predicted octanol–water partition coefficient (Wildman–Crippen LogP) is 22.9. The van der Waals surface area contributed by atoms with Gasteiger partial charge in [0, 0.05) is 65.2 Å². The second-order valence-corrected chi connectivity index (χ2v) is 50.1. The first kappa shape index (κ1) is 112. The summed E-state index contributed by atoms with van der Waals surface area (Å²) in [5.41, 5.74) is 7.74. The van der Waals surface area contributed by atoms with Crippen LogP contribution in [0.5, 0.6) is 0 Å². The molecule has 0 saturated heterocycles. The highest BCUT2D eigenvalue weighted by Crippen LogP contribution is 2.56. The van der Waals surface area contributed by atoms with Gasteiger partial charge < -0.3 is 55.6 Å². The number of hydrogen-bond donors (Lipinski definition) is 0. The number of carbonyl (C=O) groups excluding carboxylic acids is 6. The van der Waals surface area contributed by atoms with Crippen molar-refractivity contribution < 1.29 is 112 Å². The summed E-state index contributed by atoms with van der Waals surface area (Å²) in [4.78, 5) is 92.5. The Kier molecular flexibility index (Phi) is 39.2. The molecule has 0 heterocycles. The van der Waals surface area contributed by atoms with Gasteiger partial charge in [0.05, 0.1) is 92.5 Å². The molecule has 0 aliphatic heterocycles. The van der Waals surface area contributed by atoms with Gasteiger partial charge in [0.25, 0.3) is 33.1 Å². The maximum absolute atomic E-state index is 16.3. The third kappa shape index (κ3) is 26.4.